The van der Waals surface area contributed by atoms with Gasteiger partial charge in [-0.05, 0) is 37.8 Å². The van der Waals surface area contributed by atoms with E-state index in [1.54, 1.807) is 7.05 Å². The van der Waals surface area contributed by atoms with Gasteiger partial charge in [-0.2, -0.15) is 0 Å². The summed E-state index contributed by atoms with van der Waals surface area (Å²) in [5.74, 6) is 1.69. The smallest absolute Gasteiger partial charge is 0.191 e. The van der Waals surface area contributed by atoms with E-state index in [1.807, 2.05) is 12.1 Å². The third-order valence-electron chi connectivity index (χ3n) is 3.66. The number of hydrogen-bond acceptors (Lipinski definition) is 2. The summed E-state index contributed by atoms with van der Waals surface area (Å²) in [5.41, 5.74) is 3.20. The number of fused-ring (bicyclic) bond motifs is 1. The van der Waals surface area contributed by atoms with Crippen molar-refractivity contribution in [1.29, 1.82) is 0 Å². The number of imidazole rings is 1. The van der Waals surface area contributed by atoms with Crippen LogP contribution in [0.4, 0.5) is 0 Å². The zero-order chi connectivity index (χ0) is 13.9. The lowest BCUT2D eigenvalue weighted by Crippen LogP contribution is -2.37. The Morgan fingerprint density at radius 1 is 1.40 bits per heavy atom. The molecule has 20 heavy (non-hydrogen) atoms. The van der Waals surface area contributed by atoms with Crippen LogP contribution in [0, 0.1) is 12.8 Å². The van der Waals surface area contributed by atoms with E-state index in [0.717, 1.165) is 29.8 Å². The Kier molecular flexibility index (Phi) is 3.58. The molecule has 5 nitrogen and oxygen atoms in total. The van der Waals surface area contributed by atoms with E-state index in [1.165, 1.54) is 18.5 Å². The second-order valence-corrected chi connectivity index (χ2v) is 5.38. The minimum Gasteiger partial charge on any atom is -0.356 e. The number of rotatable bonds is 4. The van der Waals surface area contributed by atoms with Gasteiger partial charge in [0.2, 0.25) is 0 Å². The number of aryl methyl sites for hydroxylation is 1. The molecule has 1 saturated carbocycles. The van der Waals surface area contributed by atoms with Crippen LogP contribution >= 0.6 is 0 Å². The average Bonchev–Trinajstić information content (AvgIpc) is 3.18. The van der Waals surface area contributed by atoms with Crippen LogP contribution in [0.25, 0.3) is 5.65 Å². The molecule has 0 saturated heterocycles. The van der Waals surface area contributed by atoms with Gasteiger partial charge in [0.15, 0.2) is 5.96 Å². The van der Waals surface area contributed by atoms with Gasteiger partial charge < -0.3 is 15.0 Å². The van der Waals surface area contributed by atoms with Crippen LogP contribution in [0.2, 0.25) is 0 Å². The Morgan fingerprint density at radius 3 is 2.95 bits per heavy atom. The summed E-state index contributed by atoms with van der Waals surface area (Å²) in [6.07, 6.45) is 4.76. The third-order valence-corrected chi connectivity index (χ3v) is 3.66. The molecule has 0 atom stereocenters. The molecule has 0 aromatic carbocycles. The highest BCUT2D eigenvalue weighted by atomic mass is 15.2. The van der Waals surface area contributed by atoms with Crippen molar-refractivity contribution in [2.45, 2.75) is 26.3 Å². The van der Waals surface area contributed by atoms with Gasteiger partial charge in [-0.1, -0.05) is 6.07 Å². The first-order valence-electron chi connectivity index (χ1n) is 7.14. The predicted molar refractivity (Wildman–Crippen MR) is 80.9 cm³/mol. The summed E-state index contributed by atoms with van der Waals surface area (Å²) in [6, 6.07) is 6.14. The summed E-state index contributed by atoms with van der Waals surface area (Å²) in [4.78, 5) is 8.84. The number of nitrogens with zero attached hydrogens (tertiary/aromatic N) is 3. The van der Waals surface area contributed by atoms with E-state index in [0.29, 0.717) is 6.54 Å². The fourth-order valence-electron chi connectivity index (χ4n) is 2.24. The zero-order valence-corrected chi connectivity index (χ0v) is 12.1. The molecule has 0 aliphatic heterocycles. The minimum absolute atomic E-state index is 0.686. The molecule has 2 heterocycles. The van der Waals surface area contributed by atoms with E-state index < -0.39 is 0 Å². The Bertz CT molecular complexity index is 624. The van der Waals surface area contributed by atoms with Crippen molar-refractivity contribution in [2.75, 3.05) is 13.6 Å². The molecule has 0 radical (unpaired) electrons. The van der Waals surface area contributed by atoms with E-state index in [4.69, 9.17) is 0 Å². The van der Waals surface area contributed by atoms with E-state index in [9.17, 15) is 0 Å². The Morgan fingerprint density at radius 2 is 2.25 bits per heavy atom. The summed E-state index contributed by atoms with van der Waals surface area (Å²) in [7, 11) is 1.80. The quantitative estimate of drug-likeness (QED) is 0.657. The molecule has 2 aromatic heterocycles. The topological polar surface area (TPSA) is 53.7 Å². The summed E-state index contributed by atoms with van der Waals surface area (Å²) >= 11 is 0. The Hall–Kier alpha value is -2.04. The third kappa shape index (κ3) is 2.92. The average molecular weight is 271 g/mol. The van der Waals surface area contributed by atoms with Crippen LogP contribution in [0.5, 0.6) is 0 Å². The zero-order valence-electron chi connectivity index (χ0n) is 12.1. The highest BCUT2D eigenvalue weighted by Gasteiger charge is 2.21. The van der Waals surface area contributed by atoms with Crippen molar-refractivity contribution in [2.24, 2.45) is 10.9 Å². The number of hydrogen-bond donors (Lipinski definition) is 2. The van der Waals surface area contributed by atoms with Crippen LogP contribution < -0.4 is 10.6 Å². The summed E-state index contributed by atoms with van der Waals surface area (Å²) in [5, 5.41) is 6.66. The summed E-state index contributed by atoms with van der Waals surface area (Å²) < 4.78 is 2.11. The van der Waals surface area contributed by atoms with Crippen molar-refractivity contribution in [3.8, 4) is 0 Å². The second-order valence-electron chi connectivity index (χ2n) is 5.38. The monoisotopic (exact) mass is 271 g/mol. The normalized spacial score (nSPS) is 15.6. The van der Waals surface area contributed by atoms with Gasteiger partial charge in [-0.3, -0.25) is 4.99 Å². The first-order chi connectivity index (χ1) is 9.76. The fourth-order valence-corrected chi connectivity index (χ4v) is 2.24. The molecule has 0 unspecified atom stereocenters. The second kappa shape index (κ2) is 5.53. The minimum atomic E-state index is 0.686. The molecule has 1 aliphatic rings. The van der Waals surface area contributed by atoms with Gasteiger partial charge in [-0.25, -0.2) is 4.98 Å². The lowest BCUT2D eigenvalue weighted by Gasteiger charge is -2.09. The fraction of sp³-hybridized carbons (Fsp3) is 0.467. The van der Waals surface area contributed by atoms with Gasteiger partial charge in [0, 0.05) is 25.5 Å². The number of pyridine rings is 1. The Balaban J connectivity index is 1.62. The van der Waals surface area contributed by atoms with Gasteiger partial charge >= 0.3 is 0 Å². The molecule has 5 heteroatoms. The highest BCUT2D eigenvalue weighted by molar-refractivity contribution is 5.79. The molecule has 0 spiro atoms. The molecule has 0 amide bonds. The van der Waals surface area contributed by atoms with Crippen molar-refractivity contribution in [3.05, 3.63) is 35.8 Å². The van der Waals surface area contributed by atoms with E-state index in [-0.39, 0.29) is 0 Å². The number of guanidine groups is 1. The molecule has 3 rings (SSSR count). The SMILES string of the molecule is CN=C(NCc1cn2c(C)cccc2n1)NCC1CC1. The van der Waals surface area contributed by atoms with Crippen molar-refractivity contribution >= 4 is 11.6 Å². The molecule has 1 aliphatic carbocycles. The lowest BCUT2D eigenvalue weighted by atomic mass is 10.4. The highest BCUT2D eigenvalue weighted by Crippen LogP contribution is 2.27. The van der Waals surface area contributed by atoms with Crippen LogP contribution in [-0.2, 0) is 6.54 Å². The molecule has 1 fully saturated rings. The van der Waals surface area contributed by atoms with Crippen LogP contribution in [0.3, 0.4) is 0 Å². The first kappa shape index (κ1) is 13.0. The molecule has 2 N–H and O–H groups in total. The van der Waals surface area contributed by atoms with Crippen LogP contribution in [0.1, 0.15) is 24.2 Å². The van der Waals surface area contributed by atoms with Crippen molar-refractivity contribution < 1.29 is 0 Å². The first-order valence-corrected chi connectivity index (χ1v) is 7.14. The van der Waals surface area contributed by atoms with Crippen LogP contribution in [0.15, 0.2) is 29.4 Å². The van der Waals surface area contributed by atoms with Gasteiger partial charge in [0.05, 0.1) is 12.2 Å². The van der Waals surface area contributed by atoms with Gasteiger partial charge in [0.25, 0.3) is 0 Å². The standard InChI is InChI=1S/C15H21N5/c1-11-4-3-5-14-19-13(10-20(11)14)9-18-15(16-2)17-8-12-6-7-12/h3-5,10,12H,6-9H2,1-2H3,(H2,16,17,18). The van der Waals surface area contributed by atoms with E-state index in [2.05, 4.69) is 44.2 Å². The molecular weight excluding hydrogens is 250 g/mol. The maximum absolute atomic E-state index is 4.61. The summed E-state index contributed by atoms with van der Waals surface area (Å²) in [6.45, 7) is 3.79. The maximum atomic E-state index is 4.61. The molecule has 2 aromatic rings. The number of nitrogens with one attached hydrogen (secondary N) is 2. The van der Waals surface area contributed by atoms with Gasteiger partial charge in [0.1, 0.15) is 5.65 Å². The van der Waals surface area contributed by atoms with E-state index >= 15 is 0 Å². The van der Waals surface area contributed by atoms with Crippen molar-refractivity contribution in [3.63, 3.8) is 0 Å². The molecule has 106 valence electrons. The molecular formula is C15H21N5. The van der Waals surface area contributed by atoms with Crippen LogP contribution in [-0.4, -0.2) is 28.9 Å². The predicted octanol–water partition coefficient (Wildman–Crippen LogP) is 1.72. The van der Waals surface area contributed by atoms with Crippen molar-refractivity contribution in [1.82, 2.24) is 20.0 Å². The largest absolute Gasteiger partial charge is 0.356 e. The van der Waals surface area contributed by atoms with Gasteiger partial charge in [-0.15, -0.1) is 0 Å². The Labute approximate surface area is 119 Å². The number of aliphatic imine (C=N–C) groups is 1. The maximum Gasteiger partial charge on any atom is 0.191 e. The molecule has 0 bridgehead atoms. The number of aromatic nitrogens is 2. The lowest BCUT2D eigenvalue weighted by molar-refractivity contribution is 0.734.